The van der Waals surface area contributed by atoms with Gasteiger partial charge < -0.3 is 16.0 Å². The van der Waals surface area contributed by atoms with Gasteiger partial charge in [-0.05, 0) is 58.5 Å². The zero-order valence-electron chi connectivity index (χ0n) is 35.6. The minimum atomic E-state index is 0.271. The van der Waals surface area contributed by atoms with Crippen LogP contribution in [0.25, 0.3) is 0 Å². The summed E-state index contributed by atoms with van der Waals surface area (Å²) >= 11 is 0. The molecule has 1 amide bonds. The molecule has 0 aliphatic carbocycles. The van der Waals surface area contributed by atoms with Crippen LogP contribution in [-0.2, 0) is 4.79 Å². The van der Waals surface area contributed by atoms with E-state index in [1.165, 1.54) is 224 Å². The molecule has 0 unspecified atom stereocenters. The predicted molar refractivity (Wildman–Crippen MR) is 234 cm³/mol. The molecule has 0 aliphatic rings. The summed E-state index contributed by atoms with van der Waals surface area (Å²) in [6.07, 6.45) is 54.4. The number of rotatable bonds is 46. The Hall–Kier alpha value is -1.29. The van der Waals surface area contributed by atoms with Gasteiger partial charge in [-0.15, -0.1) is 6.58 Å². The number of hydrogen-bond acceptors (Lipinski definition) is 3. The van der Waals surface area contributed by atoms with Crippen molar-refractivity contribution in [2.45, 2.75) is 250 Å². The van der Waals surface area contributed by atoms with E-state index in [-0.39, 0.29) is 5.91 Å². The first-order valence-electron chi connectivity index (χ1n) is 23.6. The smallest absolute Gasteiger partial charge is 0.219 e. The molecule has 308 valence electrons. The van der Waals surface area contributed by atoms with Crippen molar-refractivity contribution in [1.29, 1.82) is 0 Å². The lowest BCUT2D eigenvalue weighted by molar-refractivity contribution is -0.121. The summed E-state index contributed by atoms with van der Waals surface area (Å²) in [5.41, 5.74) is 1.19. The van der Waals surface area contributed by atoms with Crippen LogP contribution in [0.1, 0.15) is 250 Å². The lowest BCUT2D eigenvalue weighted by Crippen LogP contribution is -2.23. The van der Waals surface area contributed by atoms with E-state index in [4.69, 9.17) is 0 Å². The molecule has 0 aromatic rings. The summed E-state index contributed by atoms with van der Waals surface area (Å²) in [6, 6.07) is 0. The second-order valence-electron chi connectivity index (χ2n) is 16.3. The second-order valence-corrected chi connectivity index (χ2v) is 16.3. The van der Waals surface area contributed by atoms with Gasteiger partial charge in [-0.3, -0.25) is 4.79 Å². The standard InChI is InChI=1S/C48H95N3O/c1-4-5-6-7-8-9-10-11-12-13-14-15-16-17-18-19-20-21-22-23-24-26-29-32-35-38-43-48(52)51-46-40-37-34-31-28-25-27-30-33-36-39-45-50-47(2)42-41-44-49-3/h4,49-50H,1-2,5-46H2,3H3,(H,51,52). The zero-order chi connectivity index (χ0) is 37.7. The van der Waals surface area contributed by atoms with Crippen molar-refractivity contribution in [3.8, 4) is 0 Å². The highest BCUT2D eigenvalue weighted by atomic mass is 16.1. The molecule has 0 aromatic heterocycles. The molecule has 0 rings (SSSR count). The molecule has 4 nitrogen and oxygen atoms in total. The topological polar surface area (TPSA) is 53.2 Å². The molecule has 0 saturated heterocycles. The normalized spacial score (nSPS) is 11.2. The molecule has 0 saturated carbocycles. The van der Waals surface area contributed by atoms with Gasteiger partial charge in [0, 0.05) is 25.2 Å². The molecule has 0 aromatic carbocycles. The van der Waals surface area contributed by atoms with Crippen LogP contribution in [0.2, 0.25) is 0 Å². The van der Waals surface area contributed by atoms with Crippen LogP contribution >= 0.6 is 0 Å². The quantitative estimate of drug-likeness (QED) is 0.0432. The van der Waals surface area contributed by atoms with E-state index in [0.717, 1.165) is 51.7 Å². The van der Waals surface area contributed by atoms with Crippen LogP contribution in [0.4, 0.5) is 0 Å². The van der Waals surface area contributed by atoms with E-state index in [1.807, 2.05) is 7.05 Å². The maximum atomic E-state index is 12.2. The number of carbonyl (C=O) groups excluding carboxylic acids is 1. The van der Waals surface area contributed by atoms with Crippen molar-refractivity contribution in [2.24, 2.45) is 0 Å². The minimum absolute atomic E-state index is 0.271. The number of hydrogen-bond donors (Lipinski definition) is 3. The van der Waals surface area contributed by atoms with E-state index in [1.54, 1.807) is 0 Å². The monoisotopic (exact) mass is 730 g/mol. The molecule has 0 bridgehead atoms. The van der Waals surface area contributed by atoms with Crippen LogP contribution in [-0.4, -0.2) is 32.6 Å². The first-order chi connectivity index (χ1) is 25.7. The Morgan fingerprint density at radius 3 is 1.04 bits per heavy atom. The number of unbranched alkanes of at least 4 members (excludes halogenated alkanes) is 34. The zero-order valence-corrected chi connectivity index (χ0v) is 35.6. The van der Waals surface area contributed by atoms with E-state index in [2.05, 4.69) is 35.2 Å². The summed E-state index contributed by atoms with van der Waals surface area (Å²) in [4.78, 5) is 12.2. The molecule has 0 atom stereocenters. The maximum Gasteiger partial charge on any atom is 0.219 e. The summed E-state index contributed by atoms with van der Waals surface area (Å²) in [5, 5.41) is 9.82. The van der Waals surface area contributed by atoms with Gasteiger partial charge in [0.2, 0.25) is 5.91 Å². The Balaban J connectivity index is 3.17. The summed E-state index contributed by atoms with van der Waals surface area (Å²) < 4.78 is 0. The molecule has 52 heavy (non-hydrogen) atoms. The van der Waals surface area contributed by atoms with Crippen LogP contribution < -0.4 is 16.0 Å². The van der Waals surface area contributed by atoms with Gasteiger partial charge >= 0.3 is 0 Å². The van der Waals surface area contributed by atoms with Gasteiger partial charge in [-0.25, -0.2) is 0 Å². The molecule has 4 heteroatoms. The number of nitrogens with one attached hydrogen (secondary N) is 3. The molecule has 3 N–H and O–H groups in total. The minimum Gasteiger partial charge on any atom is -0.389 e. The Morgan fingerprint density at radius 2 is 0.692 bits per heavy atom. The van der Waals surface area contributed by atoms with Crippen LogP contribution in [0, 0.1) is 0 Å². The molecule has 0 fully saturated rings. The molecule has 0 heterocycles. The van der Waals surface area contributed by atoms with Crippen LogP contribution in [0.3, 0.4) is 0 Å². The lowest BCUT2D eigenvalue weighted by atomic mass is 10.0. The Bertz CT molecular complexity index is 722. The van der Waals surface area contributed by atoms with Gasteiger partial charge in [0.1, 0.15) is 0 Å². The Labute approximate surface area is 327 Å². The van der Waals surface area contributed by atoms with Crippen LogP contribution in [0.15, 0.2) is 24.9 Å². The fourth-order valence-corrected chi connectivity index (χ4v) is 7.45. The highest BCUT2D eigenvalue weighted by molar-refractivity contribution is 5.75. The van der Waals surface area contributed by atoms with Gasteiger partial charge in [-0.1, -0.05) is 212 Å². The third-order valence-electron chi connectivity index (χ3n) is 11.0. The summed E-state index contributed by atoms with van der Waals surface area (Å²) in [6.45, 7) is 10.9. The second kappa shape index (κ2) is 45.9. The Morgan fingerprint density at radius 1 is 0.385 bits per heavy atom. The van der Waals surface area contributed by atoms with Gasteiger partial charge in [0.15, 0.2) is 0 Å². The van der Waals surface area contributed by atoms with Crippen molar-refractivity contribution in [2.75, 3.05) is 26.7 Å². The fraction of sp³-hybridized carbons (Fsp3) is 0.896. The third kappa shape index (κ3) is 44.9. The van der Waals surface area contributed by atoms with Crippen molar-refractivity contribution in [3.63, 3.8) is 0 Å². The number of amides is 1. The maximum absolute atomic E-state index is 12.2. The number of carbonyl (C=O) groups is 1. The highest BCUT2D eigenvalue weighted by Gasteiger charge is 2.02. The van der Waals surface area contributed by atoms with E-state index < -0.39 is 0 Å². The van der Waals surface area contributed by atoms with Crippen molar-refractivity contribution in [3.05, 3.63) is 24.9 Å². The van der Waals surface area contributed by atoms with Gasteiger partial charge in [0.25, 0.3) is 0 Å². The molecular weight excluding hydrogens is 635 g/mol. The first-order valence-corrected chi connectivity index (χ1v) is 23.6. The average Bonchev–Trinajstić information content (AvgIpc) is 3.14. The number of allylic oxidation sites excluding steroid dienone is 2. The van der Waals surface area contributed by atoms with Crippen molar-refractivity contribution >= 4 is 5.91 Å². The summed E-state index contributed by atoms with van der Waals surface area (Å²) in [5.74, 6) is 0.271. The molecule has 0 aliphatic heterocycles. The van der Waals surface area contributed by atoms with Gasteiger partial charge in [-0.2, -0.15) is 0 Å². The molecular formula is C48H95N3O. The molecule has 0 spiro atoms. The lowest BCUT2D eigenvalue weighted by Gasteiger charge is -2.09. The van der Waals surface area contributed by atoms with E-state index in [0.29, 0.717) is 0 Å². The largest absolute Gasteiger partial charge is 0.389 e. The van der Waals surface area contributed by atoms with E-state index >= 15 is 0 Å². The van der Waals surface area contributed by atoms with E-state index in [9.17, 15) is 4.79 Å². The third-order valence-corrected chi connectivity index (χ3v) is 11.0. The SMILES string of the molecule is C=CCCCCCCCCCCCCCCCCCCCCCCCCCCC(=O)NCCCCCCCCCCCCCNC(=C)CCCNC. The first kappa shape index (κ1) is 50.7. The van der Waals surface area contributed by atoms with Crippen molar-refractivity contribution < 1.29 is 4.79 Å². The average molecular weight is 730 g/mol. The highest BCUT2D eigenvalue weighted by Crippen LogP contribution is 2.16. The summed E-state index contributed by atoms with van der Waals surface area (Å²) in [7, 11) is 2.00. The van der Waals surface area contributed by atoms with Gasteiger partial charge in [0.05, 0.1) is 0 Å². The molecule has 0 radical (unpaired) electrons. The van der Waals surface area contributed by atoms with Crippen molar-refractivity contribution in [1.82, 2.24) is 16.0 Å². The Kier molecular flexibility index (Phi) is 44.7. The predicted octanol–water partition coefficient (Wildman–Crippen LogP) is 14.8. The fourth-order valence-electron chi connectivity index (χ4n) is 7.45. The van der Waals surface area contributed by atoms with Crippen LogP contribution in [0.5, 0.6) is 0 Å².